The van der Waals surface area contributed by atoms with E-state index in [9.17, 15) is 14.4 Å². The zero-order valence-electron chi connectivity index (χ0n) is 13.3. The van der Waals surface area contributed by atoms with E-state index >= 15 is 0 Å². The molecule has 25 heavy (non-hydrogen) atoms. The summed E-state index contributed by atoms with van der Waals surface area (Å²) in [6, 6.07) is 16.6. The molecule has 2 aromatic carbocycles. The van der Waals surface area contributed by atoms with E-state index in [1.807, 2.05) is 34.9 Å². The molecule has 3 aromatic rings. The minimum absolute atomic E-state index is 0.189. The molecule has 3 heterocycles. The fourth-order valence-electron chi connectivity index (χ4n) is 4.25. The average molecular weight is 330 g/mol. The van der Waals surface area contributed by atoms with E-state index in [1.165, 1.54) is 4.90 Å². The van der Waals surface area contributed by atoms with Gasteiger partial charge in [0.25, 0.3) is 0 Å². The molecule has 1 fully saturated rings. The molecule has 2 unspecified atom stereocenters. The Bertz CT molecular complexity index is 1050. The molecular weight excluding hydrogens is 316 g/mol. The predicted molar refractivity (Wildman–Crippen MR) is 92.5 cm³/mol. The lowest BCUT2D eigenvalue weighted by molar-refractivity contribution is -0.122. The minimum Gasteiger partial charge on any atom is -0.342 e. The van der Waals surface area contributed by atoms with Crippen LogP contribution in [-0.2, 0) is 16.1 Å². The monoisotopic (exact) mass is 330 g/mol. The van der Waals surface area contributed by atoms with Crippen LogP contribution in [0.4, 0.5) is 5.69 Å². The number of amides is 2. The average Bonchev–Trinajstić information content (AvgIpc) is 3.24. The largest absolute Gasteiger partial charge is 0.342 e. The zero-order chi connectivity index (χ0) is 17.1. The standard InChI is InChI=1S/C20H14N2O3/c23-11-15-13-8-4-5-9-16(13)21-10-14-17(18(15)21)20(25)22(19(14)24)12-6-2-1-3-7-12/h1-9,11,14,17H,10H2. The summed E-state index contributed by atoms with van der Waals surface area (Å²) in [5.41, 5.74) is 2.69. The highest BCUT2D eigenvalue weighted by atomic mass is 16.2. The Morgan fingerprint density at radius 1 is 0.920 bits per heavy atom. The van der Waals surface area contributed by atoms with E-state index in [2.05, 4.69) is 0 Å². The van der Waals surface area contributed by atoms with E-state index < -0.39 is 11.8 Å². The third kappa shape index (κ3) is 1.70. The van der Waals surface area contributed by atoms with Gasteiger partial charge in [0.2, 0.25) is 11.8 Å². The number of aromatic nitrogens is 1. The molecule has 2 aliphatic heterocycles. The van der Waals surface area contributed by atoms with Crippen LogP contribution < -0.4 is 4.90 Å². The van der Waals surface area contributed by atoms with E-state index in [-0.39, 0.29) is 11.8 Å². The van der Waals surface area contributed by atoms with Gasteiger partial charge in [-0.2, -0.15) is 0 Å². The van der Waals surface area contributed by atoms with Gasteiger partial charge in [0, 0.05) is 28.7 Å². The summed E-state index contributed by atoms with van der Waals surface area (Å²) in [4.78, 5) is 39.0. The van der Waals surface area contributed by atoms with Crippen molar-refractivity contribution in [1.82, 2.24) is 4.57 Å². The van der Waals surface area contributed by atoms with E-state index in [0.717, 1.165) is 17.2 Å². The molecule has 5 rings (SSSR count). The smallest absolute Gasteiger partial charge is 0.243 e. The van der Waals surface area contributed by atoms with Crippen LogP contribution in [-0.4, -0.2) is 22.7 Å². The number of fused-ring (bicyclic) bond motifs is 5. The molecule has 122 valence electrons. The number of hydrogen-bond donors (Lipinski definition) is 0. The number of aldehydes is 1. The van der Waals surface area contributed by atoms with Crippen LogP contribution in [0.15, 0.2) is 54.6 Å². The van der Waals surface area contributed by atoms with Gasteiger partial charge in [0.1, 0.15) is 0 Å². The van der Waals surface area contributed by atoms with Crippen LogP contribution in [0.1, 0.15) is 22.0 Å². The maximum Gasteiger partial charge on any atom is 0.243 e. The minimum atomic E-state index is -0.583. The topological polar surface area (TPSA) is 59.4 Å². The van der Waals surface area contributed by atoms with Crippen molar-refractivity contribution in [2.24, 2.45) is 5.92 Å². The van der Waals surface area contributed by atoms with Crippen molar-refractivity contribution >= 4 is 34.7 Å². The number of hydrogen-bond acceptors (Lipinski definition) is 3. The second-order valence-electron chi connectivity index (χ2n) is 6.48. The summed E-state index contributed by atoms with van der Waals surface area (Å²) in [6.07, 6.45) is 0.805. The van der Waals surface area contributed by atoms with E-state index in [4.69, 9.17) is 0 Å². The fraction of sp³-hybridized carbons (Fsp3) is 0.150. The first kappa shape index (κ1) is 14.2. The fourth-order valence-corrected chi connectivity index (χ4v) is 4.25. The van der Waals surface area contributed by atoms with Gasteiger partial charge < -0.3 is 4.57 Å². The number of anilines is 1. The van der Waals surface area contributed by atoms with Crippen LogP contribution in [0.3, 0.4) is 0 Å². The molecule has 5 heteroatoms. The van der Waals surface area contributed by atoms with Crippen LogP contribution in [0.2, 0.25) is 0 Å². The van der Waals surface area contributed by atoms with Crippen LogP contribution >= 0.6 is 0 Å². The number of benzene rings is 2. The van der Waals surface area contributed by atoms with Gasteiger partial charge in [0.15, 0.2) is 6.29 Å². The summed E-state index contributed by atoms with van der Waals surface area (Å²) in [5, 5.41) is 0.837. The quantitative estimate of drug-likeness (QED) is 0.536. The highest BCUT2D eigenvalue weighted by Crippen LogP contribution is 2.47. The molecule has 0 spiro atoms. The molecular formula is C20H14N2O3. The molecule has 0 aliphatic carbocycles. The van der Waals surface area contributed by atoms with Gasteiger partial charge in [-0.3, -0.25) is 14.4 Å². The van der Waals surface area contributed by atoms with Gasteiger partial charge in [-0.05, 0) is 18.2 Å². The van der Waals surface area contributed by atoms with E-state index in [1.54, 1.807) is 24.3 Å². The van der Waals surface area contributed by atoms with Gasteiger partial charge >= 0.3 is 0 Å². The second-order valence-corrected chi connectivity index (χ2v) is 6.48. The van der Waals surface area contributed by atoms with E-state index in [0.29, 0.717) is 23.5 Å². The lowest BCUT2D eigenvalue weighted by atomic mass is 9.93. The highest BCUT2D eigenvalue weighted by Gasteiger charge is 2.54. The summed E-state index contributed by atoms with van der Waals surface area (Å²) in [6.45, 7) is 0.433. The van der Waals surface area contributed by atoms with Crippen molar-refractivity contribution in [2.75, 3.05) is 4.90 Å². The lowest BCUT2D eigenvalue weighted by Crippen LogP contribution is -2.32. The van der Waals surface area contributed by atoms with Crippen LogP contribution in [0.5, 0.6) is 0 Å². The second kappa shape index (κ2) is 4.89. The van der Waals surface area contributed by atoms with Gasteiger partial charge in [-0.25, -0.2) is 4.90 Å². The van der Waals surface area contributed by atoms with Gasteiger partial charge in [0.05, 0.1) is 17.5 Å². The molecule has 0 bridgehead atoms. The number of nitrogens with zero attached hydrogens (tertiary/aromatic N) is 2. The number of imide groups is 1. The summed E-state index contributed by atoms with van der Waals surface area (Å²) in [5.74, 6) is -1.46. The zero-order valence-corrected chi connectivity index (χ0v) is 13.3. The first-order chi connectivity index (χ1) is 12.2. The van der Waals surface area contributed by atoms with Crippen molar-refractivity contribution in [2.45, 2.75) is 12.5 Å². The molecule has 0 saturated carbocycles. The maximum atomic E-state index is 13.1. The molecule has 2 aliphatic rings. The SMILES string of the molecule is O=Cc1c2n(c3ccccc13)CC1C(=O)N(c3ccccc3)C(=O)C21. The Morgan fingerprint density at radius 3 is 2.40 bits per heavy atom. The molecule has 0 radical (unpaired) electrons. The Morgan fingerprint density at radius 2 is 1.64 bits per heavy atom. The normalized spacial score (nSPS) is 21.7. The number of para-hydroxylation sites is 2. The first-order valence-electron chi connectivity index (χ1n) is 8.21. The third-order valence-corrected chi connectivity index (χ3v) is 5.28. The number of carbonyl (C=O) groups excluding carboxylic acids is 3. The summed E-state index contributed by atoms with van der Waals surface area (Å²) in [7, 11) is 0. The molecule has 2 atom stereocenters. The lowest BCUT2D eigenvalue weighted by Gasteiger charge is -2.16. The molecule has 2 amide bonds. The molecule has 1 aromatic heterocycles. The summed E-state index contributed by atoms with van der Waals surface area (Å²) < 4.78 is 1.96. The Balaban J connectivity index is 1.70. The van der Waals surface area contributed by atoms with Crippen molar-refractivity contribution in [3.8, 4) is 0 Å². The van der Waals surface area contributed by atoms with Crippen molar-refractivity contribution in [3.05, 3.63) is 65.9 Å². The van der Waals surface area contributed by atoms with Gasteiger partial charge in [-0.1, -0.05) is 36.4 Å². The Labute approximate surface area is 143 Å². The van der Waals surface area contributed by atoms with Crippen LogP contribution in [0, 0.1) is 5.92 Å². The molecule has 5 nitrogen and oxygen atoms in total. The Hall–Kier alpha value is -3.21. The molecule has 0 N–H and O–H groups in total. The Kier molecular flexibility index (Phi) is 2.77. The van der Waals surface area contributed by atoms with Crippen molar-refractivity contribution in [1.29, 1.82) is 0 Å². The highest BCUT2D eigenvalue weighted by molar-refractivity contribution is 6.25. The number of rotatable bonds is 2. The number of carbonyl (C=O) groups is 3. The van der Waals surface area contributed by atoms with Crippen molar-refractivity contribution < 1.29 is 14.4 Å². The van der Waals surface area contributed by atoms with Crippen LogP contribution in [0.25, 0.3) is 10.9 Å². The third-order valence-electron chi connectivity index (χ3n) is 5.28. The van der Waals surface area contributed by atoms with Gasteiger partial charge in [-0.15, -0.1) is 0 Å². The summed E-state index contributed by atoms with van der Waals surface area (Å²) >= 11 is 0. The maximum absolute atomic E-state index is 13.1. The van der Waals surface area contributed by atoms with Crippen molar-refractivity contribution in [3.63, 3.8) is 0 Å². The molecule has 1 saturated heterocycles. The predicted octanol–water partition coefficient (Wildman–Crippen LogP) is 2.74. The first-order valence-corrected chi connectivity index (χ1v) is 8.21.